The maximum Gasteiger partial charge on any atom is 0.259 e. The van der Waals surface area contributed by atoms with E-state index in [1.807, 2.05) is 0 Å². The molecule has 0 heterocycles. The minimum Gasteiger partial charge on any atom is -0.322 e. The summed E-state index contributed by atoms with van der Waals surface area (Å²) in [6.45, 7) is -0.148. The first-order chi connectivity index (χ1) is 3.81. The smallest absolute Gasteiger partial charge is 0.259 e. The highest BCUT2D eigenvalue weighted by molar-refractivity contribution is 6.16. The van der Waals surface area contributed by atoms with E-state index in [1.165, 1.54) is 0 Å². The van der Waals surface area contributed by atoms with Gasteiger partial charge in [0, 0.05) is 0 Å². The maximum absolute atomic E-state index is 10.1. The van der Waals surface area contributed by atoms with Gasteiger partial charge in [0.1, 0.15) is 0 Å². The molecule has 0 fully saturated rings. The van der Waals surface area contributed by atoms with Crippen LogP contribution in [0.4, 0.5) is 0 Å². The summed E-state index contributed by atoms with van der Waals surface area (Å²) in [6.07, 6.45) is 1.29. The van der Waals surface area contributed by atoms with Crippen LogP contribution in [0.1, 0.15) is 0 Å². The zero-order valence-electron chi connectivity index (χ0n) is 4.20. The summed E-state index contributed by atoms with van der Waals surface area (Å²) in [6, 6.07) is 0. The number of aldehydes is 1. The summed E-state index contributed by atoms with van der Waals surface area (Å²) in [7, 11) is 0. The third kappa shape index (κ3) is 3.17. The van der Waals surface area contributed by atoms with E-state index in [1.54, 1.807) is 0 Å². The second-order valence-corrected chi connectivity index (χ2v) is 1.01. The topological polar surface area (TPSA) is 72.5 Å². The van der Waals surface area contributed by atoms with Crippen molar-refractivity contribution >= 4 is 18.4 Å². The van der Waals surface area contributed by atoms with E-state index >= 15 is 0 Å². The molecule has 1 amide bonds. The van der Waals surface area contributed by atoms with Crippen molar-refractivity contribution in [2.45, 2.75) is 0 Å². The Morgan fingerprint density at radius 2 is 2.38 bits per heavy atom. The summed E-state index contributed by atoms with van der Waals surface area (Å²) < 4.78 is 0. The summed E-state index contributed by atoms with van der Waals surface area (Å²) in [4.78, 5) is 22.7. The second kappa shape index (κ2) is 4.14. The summed E-state index contributed by atoms with van der Waals surface area (Å²) >= 11 is 0. The van der Waals surface area contributed by atoms with Crippen molar-refractivity contribution in [1.29, 1.82) is 0 Å². The zero-order chi connectivity index (χ0) is 6.41. The zero-order valence-corrected chi connectivity index (χ0v) is 4.20. The lowest BCUT2D eigenvalue weighted by Gasteiger charge is -1.78. The molecule has 44 valence electrons. The van der Waals surface area contributed by atoms with Crippen molar-refractivity contribution in [3.8, 4) is 0 Å². The number of hydrogen-bond donors (Lipinski definition) is 1. The van der Waals surface area contributed by atoms with E-state index in [0.29, 0.717) is 6.29 Å². The van der Waals surface area contributed by atoms with Gasteiger partial charge in [-0.2, -0.15) is 0 Å². The van der Waals surface area contributed by atoms with Crippen molar-refractivity contribution in [2.24, 2.45) is 10.7 Å². The van der Waals surface area contributed by atoms with E-state index in [9.17, 15) is 9.59 Å². The predicted octanol–water partition coefficient (Wildman–Crippen LogP) is -1.26. The van der Waals surface area contributed by atoms with Crippen molar-refractivity contribution < 1.29 is 9.59 Å². The molecule has 0 radical (unpaired) electrons. The highest BCUT2D eigenvalue weighted by Crippen LogP contribution is 1.63. The van der Waals surface area contributed by atoms with Gasteiger partial charge in [0.15, 0.2) is 6.29 Å². The van der Waals surface area contributed by atoms with Crippen LogP contribution in [0.15, 0.2) is 4.99 Å². The molecule has 0 aliphatic heterocycles. The lowest BCUT2D eigenvalue weighted by molar-refractivity contribution is -0.116. The molecule has 0 rings (SSSR count). The Morgan fingerprint density at radius 3 is 2.75 bits per heavy atom. The molecule has 0 saturated carbocycles. The number of carbonyl (C=O) groups is 2. The quantitative estimate of drug-likeness (QED) is 0.360. The molecular formula is C4H6N2O2. The number of amides is 1. The number of nitrogens with two attached hydrogens (primary N) is 1. The van der Waals surface area contributed by atoms with Crippen molar-refractivity contribution in [1.82, 2.24) is 0 Å². The van der Waals surface area contributed by atoms with Gasteiger partial charge in [0.05, 0.1) is 12.8 Å². The van der Waals surface area contributed by atoms with Gasteiger partial charge >= 0.3 is 0 Å². The number of nitrogens with zero attached hydrogens (tertiary/aromatic N) is 1. The van der Waals surface area contributed by atoms with E-state index < -0.39 is 5.91 Å². The lowest BCUT2D eigenvalue weighted by atomic mass is 10.6. The van der Waals surface area contributed by atoms with Crippen molar-refractivity contribution in [3.05, 3.63) is 0 Å². The number of carbonyl (C=O) groups excluding carboxylic acids is 2. The molecule has 4 heteroatoms. The Bertz CT molecular complexity index is 119. The molecule has 2 N–H and O–H groups in total. The fourth-order valence-electron chi connectivity index (χ4n) is 0.166. The fourth-order valence-corrected chi connectivity index (χ4v) is 0.166. The van der Waals surface area contributed by atoms with Crippen LogP contribution in [-0.2, 0) is 9.59 Å². The van der Waals surface area contributed by atoms with Crippen LogP contribution in [0, 0.1) is 0 Å². The molecule has 0 spiro atoms. The molecule has 0 saturated heterocycles. The molecule has 0 aliphatic carbocycles. The SMILES string of the molecule is NCC(=O)N=CC=O. The first-order valence-electron chi connectivity index (χ1n) is 2.02. The Morgan fingerprint density at radius 1 is 1.75 bits per heavy atom. The van der Waals surface area contributed by atoms with Crippen LogP contribution >= 0.6 is 0 Å². The van der Waals surface area contributed by atoms with Gasteiger partial charge in [-0.3, -0.25) is 9.59 Å². The van der Waals surface area contributed by atoms with E-state index in [-0.39, 0.29) is 6.54 Å². The van der Waals surface area contributed by atoms with Crippen LogP contribution in [0.2, 0.25) is 0 Å². The number of hydrogen-bond acceptors (Lipinski definition) is 3. The average molecular weight is 114 g/mol. The van der Waals surface area contributed by atoms with E-state index in [2.05, 4.69) is 4.99 Å². The lowest BCUT2D eigenvalue weighted by Crippen LogP contribution is -2.10. The first-order valence-corrected chi connectivity index (χ1v) is 2.02. The van der Waals surface area contributed by atoms with Crippen LogP contribution < -0.4 is 5.73 Å². The largest absolute Gasteiger partial charge is 0.322 e. The van der Waals surface area contributed by atoms with Crippen LogP contribution in [0.25, 0.3) is 0 Å². The summed E-state index contributed by atoms with van der Waals surface area (Å²) in [5, 5.41) is 0. The monoisotopic (exact) mass is 114 g/mol. The minimum atomic E-state index is -0.489. The Kier molecular flexibility index (Phi) is 3.60. The number of aliphatic imine (C=N–C) groups is 1. The number of rotatable bonds is 2. The standard InChI is InChI=1S/C4H6N2O2/c5-3-4(8)6-1-2-7/h1-2H,3,5H2. The first kappa shape index (κ1) is 6.97. The van der Waals surface area contributed by atoms with Gasteiger partial charge in [0.2, 0.25) is 0 Å². The highest BCUT2D eigenvalue weighted by atomic mass is 16.1. The molecule has 0 aromatic rings. The third-order valence-corrected chi connectivity index (χ3v) is 0.454. The van der Waals surface area contributed by atoms with Gasteiger partial charge in [0.25, 0.3) is 5.91 Å². The van der Waals surface area contributed by atoms with Gasteiger partial charge in [-0.15, -0.1) is 0 Å². The molecule has 8 heavy (non-hydrogen) atoms. The minimum absolute atomic E-state index is 0.148. The van der Waals surface area contributed by atoms with Crippen LogP contribution in [-0.4, -0.2) is 25.0 Å². The Hall–Kier alpha value is -1.03. The fraction of sp³-hybridized carbons (Fsp3) is 0.250. The van der Waals surface area contributed by atoms with Gasteiger partial charge < -0.3 is 5.73 Å². The van der Waals surface area contributed by atoms with Crippen molar-refractivity contribution in [2.75, 3.05) is 6.54 Å². The molecule has 0 aromatic heterocycles. The summed E-state index contributed by atoms with van der Waals surface area (Å²) in [5.74, 6) is -0.489. The molecule has 0 aliphatic rings. The Labute approximate surface area is 46.4 Å². The Balaban J connectivity index is 3.52. The predicted molar refractivity (Wildman–Crippen MR) is 28.6 cm³/mol. The van der Waals surface area contributed by atoms with Crippen LogP contribution in [0.3, 0.4) is 0 Å². The molecule has 0 unspecified atom stereocenters. The van der Waals surface area contributed by atoms with Crippen LogP contribution in [0.5, 0.6) is 0 Å². The van der Waals surface area contributed by atoms with Gasteiger partial charge in [-0.25, -0.2) is 4.99 Å². The highest BCUT2D eigenvalue weighted by Gasteiger charge is 1.86. The van der Waals surface area contributed by atoms with E-state index in [4.69, 9.17) is 5.73 Å². The molecular weight excluding hydrogens is 108 g/mol. The summed E-state index contributed by atoms with van der Waals surface area (Å²) in [5.41, 5.74) is 4.83. The van der Waals surface area contributed by atoms with Gasteiger partial charge in [-0.1, -0.05) is 0 Å². The average Bonchev–Trinajstić information content (AvgIpc) is 1.83. The van der Waals surface area contributed by atoms with E-state index in [0.717, 1.165) is 6.21 Å². The maximum atomic E-state index is 10.1. The third-order valence-electron chi connectivity index (χ3n) is 0.454. The molecule has 4 nitrogen and oxygen atoms in total. The van der Waals surface area contributed by atoms with Gasteiger partial charge in [-0.05, 0) is 0 Å². The normalized spacial score (nSPS) is 9.62. The van der Waals surface area contributed by atoms with Crippen molar-refractivity contribution in [3.63, 3.8) is 0 Å². The second-order valence-electron chi connectivity index (χ2n) is 1.01. The molecule has 0 aromatic carbocycles. The molecule has 0 bridgehead atoms. The molecule has 0 atom stereocenters.